The van der Waals surface area contributed by atoms with Crippen molar-refractivity contribution in [3.63, 3.8) is 0 Å². The van der Waals surface area contributed by atoms with Gasteiger partial charge in [0.25, 0.3) is 5.91 Å². The fourth-order valence-corrected chi connectivity index (χ4v) is 2.01. The lowest BCUT2D eigenvalue weighted by Crippen LogP contribution is -2.12. The number of anilines is 2. The van der Waals surface area contributed by atoms with Crippen LogP contribution in [0.1, 0.15) is 15.2 Å². The van der Waals surface area contributed by atoms with Gasteiger partial charge in [-0.15, -0.1) is 11.3 Å². The van der Waals surface area contributed by atoms with Gasteiger partial charge in [0.2, 0.25) is 0 Å². The lowest BCUT2D eigenvalue weighted by molar-refractivity contribution is 0.103. The number of carbonyl (C=O) groups excluding carboxylic acids is 1. The normalized spacial score (nSPS) is 10.1. The number of carbonyl (C=O) groups is 1. The first-order valence-corrected chi connectivity index (χ1v) is 5.61. The standard InChI is InChI=1S/C11H11N3OS/c1-7-6-13-4-2-9(7)14-11(15)10-8(12)3-5-16-10/h2-6H,12H2,1H3,(H,13,14,15). The molecule has 0 saturated heterocycles. The maximum absolute atomic E-state index is 11.8. The number of nitrogens with one attached hydrogen (secondary N) is 1. The Morgan fingerprint density at radius 3 is 2.94 bits per heavy atom. The summed E-state index contributed by atoms with van der Waals surface area (Å²) in [6, 6.07) is 3.48. The predicted octanol–water partition coefficient (Wildman–Crippen LogP) is 2.29. The van der Waals surface area contributed by atoms with Gasteiger partial charge in [0.15, 0.2) is 0 Å². The third-order valence-corrected chi connectivity index (χ3v) is 3.10. The molecule has 16 heavy (non-hydrogen) atoms. The first-order valence-electron chi connectivity index (χ1n) is 4.73. The zero-order chi connectivity index (χ0) is 11.5. The summed E-state index contributed by atoms with van der Waals surface area (Å²) >= 11 is 1.33. The molecule has 0 spiro atoms. The van der Waals surface area contributed by atoms with E-state index in [9.17, 15) is 4.79 Å². The molecule has 0 unspecified atom stereocenters. The number of nitrogens with two attached hydrogens (primary N) is 1. The van der Waals surface area contributed by atoms with Crippen molar-refractivity contribution in [1.29, 1.82) is 0 Å². The van der Waals surface area contributed by atoms with Gasteiger partial charge < -0.3 is 11.1 Å². The number of thiophene rings is 1. The molecule has 0 aliphatic rings. The second kappa shape index (κ2) is 4.32. The van der Waals surface area contributed by atoms with E-state index in [1.165, 1.54) is 11.3 Å². The van der Waals surface area contributed by atoms with Crippen molar-refractivity contribution in [2.75, 3.05) is 11.1 Å². The molecule has 2 aromatic rings. The van der Waals surface area contributed by atoms with E-state index in [4.69, 9.17) is 5.73 Å². The molecule has 1 amide bonds. The topological polar surface area (TPSA) is 68.0 Å². The van der Waals surface area contributed by atoms with E-state index < -0.39 is 0 Å². The molecule has 5 heteroatoms. The molecule has 0 bridgehead atoms. The van der Waals surface area contributed by atoms with Crippen molar-refractivity contribution in [2.24, 2.45) is 0 Å². The SMILES string of the molecule is Cc1cnccc1NC(=O)c1sccc1N. The molecular formula is C11H11N3OS. The van der Waals surface area contributed by atoms with Gasteiger partial charge in [-0.05, 0) is 30.0 Å². The average Bonchev–Trinajstić information content (AvgIpc) is 2.68. The van der Waals surface area contributed by atoms with Crippen LogP contribution in [0.4, 0.5) is 11.4 Å². The van der Waals surface area contributed by atoms with E-state index in [-0.39, 0.29) is 5.91 Å². The third kappa shape index (κ3) is 2.04. The van der Waals surface area contributed by atoms with Gasteiger partial charge >= 0.3 is 0 Å². The zero-order valence-corrected chi connectivity index (χ0v) is 9.54. The Morgan fingerprint density at radius 2 is 2.31 bits per heavy atom. The Hall–Kier alpha value is -1.88. The number of hydrogen-bond acceptors (Lipinski definition) is 4. The van der Waals surface area contributed by atoms with E-state index in [1.54, 1.807) is 29.9 Å². The van der Waals surface area contributed by atoms with Crippen molar-refractivity contribution in [3.05, 3.63) is 40.3 Å². The monoisotopic (exact) mass is 233 g/mol. The number of nitrogen functional groups attached to an aromatic ring is 1. The second-order valence-electron chi connectivity index (χ2n) is 3.35. The highest BCUT2D eigenvalue weighted by Gasteiger charge is 2.11. The molecule has 2 rings (SSSR count). The Balaban J connectivity index is 2.21. The molecule has 3 N–H and O–H groups in total. The maximum atomic E-state index is 11.8. The summed E-state index contributed by atoms with van der Waals surface area (Å²) in [6.07, 6.45) is 3.34. The molecule has 0 aliphatic heterocycles. The van der Waals surface area contributed by atoms with Crippen molar-refractivity contribution in [3.8, 4) is 0 Å². The van der Waals surface area contributed by atoms with Gasteiger partial charge in [-0.3, -0.25) is 9.78 Å². The molecule has 4 nitrogen and oxygen atoms in total. The summed E-state index contributed by atoms with van der Waals surface area (Å²) in [5.41, 5.74) is 7.86. The highest BCUT2D eigenvalue weighted by atomic mass is 32.1. The van der Waals surface area contributed by atoms with Crippen LogP contribution in [0.25, 0.3) is 0 Å². The van der Waals surface area contributed by atoms with Crippen LogP contribution in [-0.2, 0) is 0 Å². The average molecular weight is 233 g/mol. The van der Waals surface area contributed by atoms with Gasteiger partial charge in [0.1, 0.15) is 4.88 Å². The van der Waals surface area contributed by atoms with Crippen LogP contribution in [0.2, 0.25) is 0 Å². The van der Waals surface area contributed by atoms with Crippen LogP contribution < -0.4 is 11.1 Å². The molecule has 0 aromatic carbocycles. The Bertz CT molecular complexity index is 521. The van der Waals surface area contributed by atoms with E-state index in [0.717, 1.165) is 11.3 Å². The minimum atomic E-state index is -0.179. The Morgan fingerprint density at radius 1 is 1.50 bits per heavy atom. The Labute approximate surface area is 97.1 Å². The van der Waals surface area contributed by atoms with Crippen LogP contribution >= 0.6 is 11.3 Å². The molecule has 0 saturated carbocycles. The predicted molar refractivity (Wildman–Crippen MR) is 65.7 cm³/mol. The van der Waals surface area contributed by atoms with Crippen molar-refractivity contribution >= 4 is 28.6 Å². The third-order valence-electron chi connectivity index (χ3n) is 2.17. The van der Waals surface area contributed by atoms with Crippen molar-refractivity contribution in [1.82, 2.24) is 4.98 Å². The maximum Gasteiger partial charge on any atom is 0.267 e. The number of rotatable bonds is 2. The molecule has 2 heterocycles. The number of aryl methyl sites for hydroxylation is 1. The highest BCUT2D eigenvalue weighted by molar-refractivity contribution is 7.12. The quantitative estimate of drug-likeness (QED) is 0.836. The smallest absolute Gasteiger partial charge is 0.267 e. The van der Waals surface area contributed by atoms with Gasteiger partial charge in [-0.1, -0.05) is 0 Å². The summed E-state index contributed by atoms with van der Waals surface area (Å²) in [5.74, 6) is -0.179. The fourth-order valence-electron chi connectivity index (χ4n) is 1.30. The second-order valence-corrected chi connectivity index (χ2v) is 4.27. The van der Waals surface area contributed by atoms with Gasteiger partial charge in [-0.2, -0.15) is 0 Å². The lowest BCUT2D eigenvalue weighted by atomic mass is 10.2. The lowest BCUT2D eigenvalue weighted by Gasteiger charge is -2.06. The zero-order valence-electron chi connectivity index (χ0n) is 8.73. The highest BCUT2D eigenvalue weighted by Crippen LogP contribution is 2.21. The fraction of sp³-hybridized carbons (Fsp3) is 0.0909. The molecular weight excluding hydrogens is 222 g/mol. The number of hydrogen-bond donors (Lipinski definition) is 2. The minimum absolute atomic E-state index is 0.179. The van der Waals surface area contributed by atoms with Gasteiger partial charge in [0.05, 0.1) is 5.69 Å². The summed E-state index contributed by atoms with van der Waals surface area (Å²) in [4.78, 5) is 16.3. The number of pyridine rings is 1. The molecule has 2 aromatic heterocycles. The number of nitrogens with zero attached hydrogens (tertiary/aromatic N) is 1. The molecule has 82 valence electrons. The van der Waals surface area contributed by atoms with Crippen LogP contribution in [0.5, 0.6) is 0 Å². The van der Waals surface area contributed by atoms with Gasteiger partial charge in [-0.25, -0.2) is 0 Å². The van der Waals surface area contributed by atoms with E-state index in [2.05, 4.69) is 10.3 Å². The summed E-state index contributed by atoms with van der Waals surface area (Å²) in [5, 5.41) is 4.60. The summed E-state index contributed by atoms with van der Waals surface area (Å²) in [6.45, 7) is 1.89. The number of aromatic nitrogens is 1. The molecule has 0 radical (unpaired) electrons. The van der Waals surface area contributed by atoms with Crippen LogP contribution in [0, 0.1) is 6.92 Å². The Kier molecular flexibility index (Phi) is 2.87. The van der Waals surface area contributed by atoms with E-state index in [1.807, 2.05) is 6.92 Å². The van der Waals surface area contributed by atoms with E-state index in [0.29, 0.717) is 10.6 Å². The molecule has 0 aliphatic carbocycles. The molecule has 0 fully saturated rings. The minimum Gasteiger partial charge on any atom is -0.397 e. The molecule has 0 atom stereocenters. The van der Waals surface area contributed by atoms with Crippen LogP contribution in [0.15, 0.2) is 29.9 Å². The van der Waals surface area contributed by atoms with Gasteiger partial charge in [0, 0.05) is 18.1 Å². The van der Waals surface area contributed by atoms with Crippen molar-refractivity contribution < 1.29 is 4.79 Å². The number of amides is 1. The van der Waals surface area contributed by atoms with E-state index >= 15 is 0 Å². The largest absolute Gasteiger partial charge is 0.397 e. The first kappa shape index (κ1) is 10.6. The van der Waals surface area contributed by atoms with Crippen LogP contribution in [-0.4, -0.2) is 10.9 Å². The summed E-state index contributed by atoms with van der Waals surface area (Å²) in [7, 11) is 0. The summed E-state index contributed by atoms with van der Waals surface area (Å²) < 4.78 is 0. The first-order chi connectivity index (χ1) is 7.68. The van der Waals surface area contributed by atoms with Crippen LogP contribution in [0.3, 0.4) is 0 Å². The van der Waals surface area contributed by atoms with Crippen molar-refractivity contribution in [2.45, 2.75) is 6.92 Å².